The second kappa shape index (κ2) is 8.07. The van der Waals surface area contributed by atoms with Gasteiger partial charge in [0.1, 0.15) is 6.10 Å². The molecule has 5 nitrogen and oxygen atoms in total. The Morgan fingerprint density at radius 2 is 1.72 bits per heavy atom. The van der Waals surface area contributed by atoms with Gasteiger partial charge in [-0.2, -0.15) is 0 Å². The first-order valence-corrected chi connectivity index (χ1v) is 11.6. The number of ketones is 1. The van der Waals surface area contributed by atoms with Crippen molar-refractivity contribution < 1.29 is 32.6 Å². The molecule has 0 amide bonds. The third-order valence-electron chi connectivity index (χ3n) is 8.75. The molecule has 4 aliphatic rings. The Bertz CT molecular complexity index is 906. The van der Waals surface area contributed by atoms with E-state index >= 15 is 0 Å². The number of carbonyl (C=O) groups excluding carboxylic acids is 3. The lowest BCUT2D eigenvalue weighted by Gasteiger charge is -2.56. The summed E-state index contributed by atoms with van der Waals surface area (Å²) in [6.07, 6.45) is 4.16. The van der Waals surface area contributed by atoms with Gasteiger partial charge < -0.3 is 9.47 Å². The summed E-state index contributed by atoms with van der Waals surface area (Å²) in [7, 11) is 0. The Morgan fingerprint density at radius 3 is 2.34 bits per heavy atom. The van der Waals surface area contributed by atoms with Crippen LogP contribution in [0.2, 0.25) is 0 Å². The summed E-state index contributed by atoms with van der Waals surface area (Å²) in [6.45, 7) is 6.69. The number of esters is 2. The van der Waals surface area contributed by atoms with Crippen LogP contribution in [0.3, 0.4) is 0 Å². The fourth-order valence-electron chi connectivity index (χ4n) is 7.20. The predicted molar refractivity (Wildman–Crippen MR) is 112 cm³/mol. The van der Waals surface area contributed by atoms with Crippen molar-refractivity contribution in [1.82, 2.24) is 0 Å². The third kappa shape index (κ3) is 3.61. The average molecular weight is 451 g/mol. The van der Waals surface area contributed by atoms with E-state index in [1.54, 1.807) is 0 Å². The molecule has 7 heteroatoms. The smallest absolute Gasteiger partial charge is 0.307 e. The van der Waals surface area contributed by atoms with Crippen molar-refractivity contribution in [2.24, 2.45) is 28.6 Å². The van der Waals surface area contributed by atoms with E-state index in [2.05, 4.69) is 13.0 Å². The van der Waals surface area contributed by atoms with Crippen LogP contribution in [0.1, 0.15) is 72.6 Å². The zero-order valence-corrected chi connectivity index (χ0v) is 19.2. The fraction of sp³-hybridized carbons (Fsp3) is 0.720. The zero-order valence-electron chi connectivity index (χ0n) is 19.2. The van der Waals surface area contributed by atoms with Gasteiger partial charge in [-0.3, -0.25) is 14.4 Å². The molecule has 0 spiro atoms. The Hall–Kier alpha value is -2.05. The van der Waals surface area contributed by atoms with Gasteiger partial charge in [0.2, 0.25) is 0 Å². The summed E-state index contributed by atoms with van der Waals surface area (Å²) in [5.41, 5.74) is 0.598. The number of Topliss-reactive ketones (excluding diaryl/α,β-unsaturated/α-hetero) is 1. The minimum atomic E-state index is -3.00. The molecule has 32 heavy (non-hydrogen) atoms. The van der Waals surface area contributed by atoms with E-state index in [-0.39, 0.29) is 47.1 Å². The van der Waals surface area contributed by atoms with Crippen LogP contribution in [0.4, 0.5) is 8.78 Å². The topological polar surface area (TPSA) is 69.7 Å². The SMILES string of the molecule is CC(=O)OC(=C1CC2C3CC=C4CC(OC(C)=O)CCC4(C)C3CCC2(C)C1=O)C(F)F. The van der Waals surface area contributed by atoms with E-state index in [0.29, 0.717) is 12.3 Å². The second-order valence-electron chi connectivity index (χ2n) is 10.5. The molecule has 176 valence electrons. The normalized spacial score (nSPS) is 40.1. The maximum Gasteiger partial charge on any atom is 0.307 e. The molecule has 6 atom stereocenters. The van der Waals surface area contributed by atoms with Crippen LogP contribution in [0, 0.1) is 28.6 Å². The molecule has 6 unspecified atom stereocenters. The third-order valence-corrected chi connectivity index (χ3v) is 8.75. The number of ether oxygens (including phenoxy) is 2. The van der Waals surface area contributed by atoms with E-state index in [1.165, 1.54) is 12.5 Å². The molecule has 0 aromatic rings. The molecule has 3 fully saturated rings. The van der Waals surface area contributed by atoms with Crippen LogP contribution in [0.15, 0.2) is 23.0 Å². The number of rotatable bonds is 3. The summed E-state index contributed by atoms with van der Waals surface area (Å²) in [4.78, 5) is 36.1. The van der Waals surface area contributed by atoms with Crippen molar-refractivity contribution in [1.29, 1.82) is 0 Å². The molecule has 0 aromatic heterocycles. The Labute approximate surface area is 187 Å². The molecular weight excluding hydrogens is 418 g/mol. The van der Waals surface area contributed by atoms with Crippen LogP contribution < -0.4 is 0 Å². The monoisotopic (exact) mass is 450 g/mol. The maximum atomic E-state index is 13.7. The predicted octanol–water partition coefficient (Wildman–Crippen LogP) is 5.14. The lowest BCUT2D eigenvalue weighted by Crippen LogP contribution is -2.50. The number of hydrogen-bond acceptors (Lipinski definition) is 5. The Balaban J connectivity index is 1.65. The summed E-state index contributed by atoms with van der Waals surface area (Å²) in [5, 5.41) is 0. The largest absolute Gasteiger partial charge is 0.462 e. The number of allylic oxidation sites excluding steroid dienone is 3. The molecule has 0 bridgehead atoms. The Kier molecular flexibility index (Phi) is 5.83. The van der Waals surface area contributed by atoms with Crippen molar-refractivity contribution in [3.63, 3.8) is 0 Å². The van der Waals surface area contributed by atoms with Crippen molar-refractivity contribution in [2.45, 2.75) is 85.2 Å². The first-order chi connectivity index (χ1) is 15.0. The summed E-state index contributed by atoms with van der Waals surface area (Å²) < 4.78 is 37.7. The highest BCUT2D eigenvalue weighted by Gasteiger charge is 2.61. The van der Waals surface area contributed by atoms with Crippen LogP contribution in [-0.2, 0) is 23.9 Å². The lowest BCUT2D eigenvalue weighted by atomic mass is 9.48. The van der Waals surface area contributed by atoms with Crippen LogP contribution in [-0.4, -0.2) is 30.3 Å². The quantitative estimate of drug-likeness (QED) is 0.258. The maximum absolute atomic E-state index is 13.7. The molecular formula is C25H32F2O5. The van der Waals surface area contributed by atoms with E-state index in [0.717, 1.165) is 39.0 Å². The summed E-state index contributed by atoms with van der Waals surface area (Å²) in [6, 6.07) is 0. The minimum absolute atomic E-state index is 0.00171. The highest BCUT2D eigenvalue weighted by Crippen LogP contribution is 2.65. The summed E-state index contributed by atoms with van der Waals surface area (Å²) in [5.74, 6) is -1.60. The van der Waals surface area contributed by atoms with Crippen LogP contribution >= 0.6 is 0 Å². The standard InChI is InChI=1S/C25H32F2O5/c1-13(28)31-16-7-9-24(3)15(11-16)5-6-17-19(24)8-10-25(4)20(17)12-18(22(25)30)21(23(26)27)32-14(2)29/h5,16-17,19-20,23H,6-12H2,1-4H3. The highest BCUT2D eigenvalue weighted by molar-refractivity contribution is 6.03. The van der Waals surface area contributed by atoms with Gasteiger partial charge in [-0.05, 0) is 61.7 Å². The van der Waals surface area contributed by atoms with Crippen LogP contribution in [0.25, 0.3) is 0 Å². The first-order valence-electron chi connectivity index (χ1n) is 11.6. The average Bonchev–Trinajstić information content (AvgIpc) is 2.97. The summed E-state index contributed by atoms with van der Waals surface area (Å²) >= 11 is 0. The van der Waals surface area contributed by atoms with Gasteiger partial charge >= 0.3 is 11.9 Å². The van der Waals surface area contributed by atoms with Crippen molar-refractivity contribution in [3.8, 4) is 0 Å². The van der Waals surface area contributed by atoms with E-state index in [9.17, 15) is 23.2 Å². The number of fused-ring (bicyclic) bond motifs is 5. The van der Waals surface area contributed by atoms with Gasteiger partial charge in [0, 0.05) is 31.3 Å². The van der Waals surface area contributed by atoms with E-state index in [4.69, 9.17) is 9.47 Å². The molecule has 3 saturated carbocycles. The zero-order chi connectivity index (χ0) is 23.4. The number of hydrogen-bond donors (Lipinski definition) is 0. The van der Waals surface area contributed by atoms with Crippen molar-refractivity contribution in [3.05, 3.63) is 23.0 Å². The first kappa shape index (κ1) is 23.1. The van der Waals surface area contributed by atoms with Crippen LogP contribution in [0.5, 0.6) is 0 Å². The molecule has 4 aliphatic carbocycles. The van der Waals surface area contributed by atoms with Gasteiger partial charge in [-0.25, -0.2) is 8.78 Å². The molecule has 4 rings (SSSR count). The Morgan fingerprint density at radius 1 is 1.03 bits per heavy atom. The van der Waals surface area contributed by atoms with Gasteiger partial charge in [0.05, 0.1) is 0 Å². The molecule has 0 aromatic carbocycles. The van der Waals surface area contributed by atoms with Crippen molar-refractivity contribution >= 4 is 17.7 Å². The minimum Gasteiger partial charge on any atom is -0.462 e. The van der Waals surface area contributed by atoms with Crippen molar-refractivity contribution in [2.75, 3.05) is 0 Å². The number of alkyl halides is 2. The van der Waals surface area contributed by atoms with Gasteiger partial charge in [-0.15, -0.1) is 0 Å². The van der Waals surface area contributed by atoms with Gasteiger partial charge in [-0.1, -0.05) is 25.5 Å². The number of carbonyl (C=O) groups is 3. The fourth-order valence-corrected chi connectivity index (χ4v) is 7.20. The van der Waals surface area contributed by atoms with Gasteiger partial charge in [0.15, 0.2) is 11.5 Å². The van der Waals surface area contributed by atoms with E-state index in [1.807, 2.05) is 6.92 Å². The molecule has 0 aliphatic heterocycles. The molecule has 0 heterocycles. The van der Waals surface area contributed by atoms with E-state index < -0.39 is 23.6 Å². The molecule has 0 N–H and O–H groups in total. The molecule has 0 saturated heterocycles. The van der Waals surface area contributed by atoms with Gasteiger partial charge in [0.25, 0.3) is 6.43 Å². The highest BCUT2D eigenvalue weighted by atomic mass is 19.3. The molecule has 0 radical (unpaired) electrons. The lowest BCUT2D eigenvalue weighted by molar-refractivity contribution is -0.148. The second-order valence-corrected chi connectivity index (χ2v) is 10.5. The number of halogens is 2.